The smallest absolute Gasteiger partial charge is 0.408 e. The molecule has 2 amide bonds. The molecule has 0 aromatic rings. The molecule has 0 aliphatic rings. The molecule has 9 nitrogen and oxygen atoms in total. The highest BCUT2D eigenvalue weighted by atomic mass is 127. The fraction of sp³-hybridized carbons (Fsp3) is 0.857. The van der Waals surface area contributed by atoms with Gasteiger partial charge < -0.3 is 30.3 Å². The van der Waals surface area contributed by atoms with Crippen molar-refractivity contribution in [1.82, 2.24) is 20.9 Å². The van der Waals surface area contributed by atoms with Crippen molar-refractivity contribution in [2.75, 3.05) is 46.9 Å². The zero-order valence-electron chi connectivity index (χ0n) is 20.6. The average molecular weight is 558 g/mol. The molecule has 0 bridgehead atoms. The van der Waals surface area contributed by atoms with Crippen molar-refractivity contribution in [3.05, 3.63) is 0 Å². The van der Waals surface area contributed by atoms with E-state index < -0.39 is 17.2 Å². The van der Waals surface area contributed by atoms with Gasteiger partial charge in [-0.15, -0.1) is 24.0 Å². The van der Waals surface area contributed by atoms with Crippen LogP contribution in [0, 0.1) is 0 Å². The first-order chi connectivity index (χ1) is 14.0. The molecular formula is C21H44IN5O4. The van der Waals surface area contributed by atoms with Gasteiger partial charge in [-0.05, 0) is 47.0 Å². The number of hydrogen-bond donors (Lipinski definition) is 3. The van der Waals surface area contributed by atoms with E-state index in [4.69, 9.17) is 9.47 Å². The van der Waals surface area contributed by atoms with Gasteiger partial charge in [0.1, 0.15) is 12.1 Å². The van der Waals surface area contributed by atoms with Gasteiger partial charge in [-0.3, -0.25) is 4.79 Å². The van der Waals surface area contributed by atoms with Gasteiger partial charge in [0.25, 0.3) is 0 Å². The Balaban J connectivity index is 0. The number of carbonyl (C=O) groups is 2. The molecule has 0 heterocycles. The van der Waals surface area contributed by atoms with Crippen LogP contribution in [0.3, 0.4) is 0 Å². The topological polar surface area (TPSA) is 104 Å². The molecule has 3 N–H and O–H groups in total. The molecule has 0 unspecified atom stereocenters. The SMILES string of the molecule is CCOCCCNC(=NCC(=O)N(C)C)NCC(CC)(CC)NC(=O)OC(C)(C)C.I. The maximum atomic E-state index is 12.3. The third-order valence-corrected chi connectivity index (χ3v) is 4.55. The fourth-order valence-electron chi connectivity index (χ4n) is 2.48. The predicted octanol–water partition coefficient (Wildman–Crippen LogP) is 2.74. The number of aliphatic imine (C=N–C) groups is 1. The van der Waals surface area contributed by atoms with Crippen LogP contribution in [-0.2, 0) is 14.3 Å². The predicted molar refractivity (Wildman–Crippen MR) is 136 cm³/mol. The van der Waals surface area contributed by atoms with E-state index in [1.54, 1.807) is 14.1 Å². The maximum absolute atomic E-state index is 12.3. The second-order valence-corrected chi connectivity index (χ2v) is 8.40. The first-order valence-electron chi connectivity index (χ1n) is 10.8. The Hall–Kier alpha value is -1.30. The van der Waals surface area contributed by atoms with Crippen molar-refractivity contribution in [3.8, 4) is 0 Å². The maximum Gasteiger partial charge on any atom is 0.408 e. The molecule has 0 aliphatic carbocycles. The van der Waals surface area contributed by atoms with Crippen molar-refractivity contribution in [2.45, 2.75) is 71.9 Å². The Labute approximate surface area is 205 Å². The van der Waals surface area contributed by atoms with Crippen LogP contribution in [0.25, 0.3) is 0 Å². The summed E-state index contributed by atoms with van der Waals surface area (Å²) < 4.78 is 10.8. The van der Waals surface area contributed by atoms with E-state index in [2.05, 4.69) is 20.9 Å². The third-order valence-electron chi connectivity index (χ3n) is 4.55. The summed E-state index contributed by atoms with van der Waals surface area (Å²) in [5.41, 5.74) is -1.06. The van der Waals surface area contributed by atoms with E-state index >= 15 is 0 Å². The first-order valence-corrected chi connectivity index (χ1v) is 10.8. The van der Waals surface area contributed by atoms with Crippen LogP contribution in [-0.4, -0.2) is 80.9 Å². The lowest BCUT2D eigenvalue weighted by Crippen LogP contribution is -2.57. The number of likely N-dealkylation sites (N-methyl/N-ethyl adjacent to an activating group) is 1. The summed E-state index contributed by atoms with van der Waals surface area (Å²) in [6.07, 6.45) is 1.80. The van der Waals surface area contributed by atoms with E-state index in [1.165, 1.54) is 4.90 Å². The minimum Gasteiger partial charge on any atom is -0.444 e. The van der Waals surface area contributed by atoms with Gasteiger partial charge in [-0.25, -0.2) is 9.79 Å². The molecule has 31 heavy (non-hydrogen) atoms. The van der Waals surface area contributed by atoms with Crippen molar-refractivity contribution in [3.63, 3.8) is 0 Å². The fourth-order valence-corrected chi connectivity index (χ4v) is 2.48. The number of amides is 2. The second-order valence-electron chi connectivity index (χ2n) is 8.40. The van der Waals surface area contributed by atoms with E-state index in [1.807, 2.05) is 41.5 Å². The zero-order valence-corrected chi connectivity index (χ0v) is 22.9. The Bertz CT molecular complexity index is 546. The number of guanidine groups is 1. The summed E-state index contributed by atoms with van der Waals surface area (Å²) in [4.78, 5) is 30.1. The van der Waals surface area contributed by atoms with Gasteiger partial charge in [0, 0.05) is 40.4 Å². The van der Waals surface area contributed by atoms with E-state index in [0.29, 0.717) is 45.1 Å². The molecule has 0 aliphatic heterocycles. The Morgan fingerprint density at radius 3 is 2.13 bits per heavy atom. The van der Waals surface area contributed by atoms with E-state index in [0.717, 1.165) is 6.42 Å². The Kier molecular flexibility index (Phi) is 16.8. The van der Waals surface area contributed by atoms with E-state index in [9.17, 15) is 9.59 Å². The number of nitrogens with zero attached hydrogens (tertiary/aromatic N) is 2. The summed E-state index contributed by atoms with van der Waals surface area (Å²) in [6, 6.07) is 0. The van der Waals surface area contributed by atoms with Gasteiger partial charge in [0.2, 0.25) is 5.91 Å². The monoisotopic (exact) mass is 557 g/mol. The molecule has 0 aromatic heterocycles. The number of ether oxygens (including phenoxy) is 2. The first kappa shape index (κ1) is 31.9. The number of nitrogens with one attached hydrogen (secondary N) is 3. The van der Waals surface area contributed by atoms with Crippen LogP contribution < -0.4 is 16.0 Å². The van der Waals surface area contributed by atoms with Gasteiger partial charge in [-0.2, -0.15) is 0 Å². The van der Waals surface area contributed by atoms with Gasteiger partial charge in [-0.1, -0.05) is 13.8 Å². The molecule has 184 valence electrons. The normalized spacial score (nSPS) is 11.9. The molecule has 0 atom stereocenters. The minimum absolute atomic E-state index is 0. The standard InChI is InChI=1S/C21H43N5O4.HI/c1-9-21(10-2,25-19(28)30-20(4,5)6)16-24-18(22-13-12-14-29-11-3)23-15-17(27)26(7)8;/h9-16H2,1-8H3,(H,25,28)(H2,22,23,24);1H. The summed E-state index contributed by atoms with van der Waals surface area (Å²) >= 11 is 0. The van der Waals surface area contributed by atoms with Crippen LogP contribution in [0.1, 0.15) is 60.8 Å². The molecule has 0 radical (unpaired) electrons. The molecule has 0 saturated heterocycles. The largest absolute Gasteiger partial charge is 0.444 e. The van der Waals surface area contributed by atoms with E-state index in [-0.39, 0.29) is 36.4 Å². The van der Waals surface area contributed by atoms with Crippen LogP contribution in [0.4, 0.5) is 4.79 Å². The quantitative estimate of drug-likeness (QED) is 0.148. The van der Waals surface area contributed by atoms with Crippen molar-refractivity contribution in [2.24, 2.45) is 4.99 Å². The Morgan fingerprint density at radius 1 is 1.03 bits per heavy atom. The van der Waals surface area contributed by atoms with Crippen LogP contribution in [0.15, 0.2) is 4.99 Å². The number of halogens is 1. The summed E-state index contributed by atoms with van der Waals surface area (Å²) in [5, 5.41) is 9.51. The molecule has 0 spiro atoms. The summed E-state index contributed by atoms with van der Waals surface area (Å²) in [6.45, 7) is 14.0. The van der Waals surface area contributed by atoms with Crippen molar-refractivity contribution < 1.29 is 19.1 Å². The molecule has 0 fully saturated rings. The lowest BCUT2D eigenvalue weighted by molar-refractivity contribution is -0.127. The van der Waals surface area contributed by atoms with Crippen molar-refractivity contribution in [1.29, 1.82) is 0 Å². The third kappa shape index (κ3) is 15.2. The van der Waals surface area contributed by atoms with Crippen LogP contribution >= 0.6 is 24.0 Å². The van der Waals surface area contributed by atoms with Gasteiger partial charge in [0.05, 0.1) is 5.54 Å². The summed E-state index contributed by atoms with van der Waals surface area (Å²) in [7, 11) is 3.40. The lowest BCUT2D eigenvalue weighted by Gasteiger charge is -2.34. The second kappa shape index (κ2) is 16.3. The number of carbonyl (C=O) groups excluding carboxylic acids is 2. The minimum atomic E-state index is -0.563. The molecule has 0 saturated carbocycles. The van der Waals surface area contributed by atoms with Crippen molar-refractivity contribution >= 4 is 41.9 Å². The lowest BCUT2D eigenvalue weighted by atomic mass is 9.93. The van der Waals surface area contributed by atoms with Gasteiger partial charge in [0.15, 0.2) is 5.96 Å². The van der Waals surface area contributed by atoms with Crippen LogP contribution in [0.2, 0.25) is 0 Å². The average Bonchev–Trinajstić information content (AvgIpc) is 2.66. The molecule has 0 rings (SSSR count). The zero-order chi connectivity index (χ0) is 23.2. The number of rotatable bonds is 12. The molecule has 0 aromatic carbocycles. The number of hydrogen-bond acceptors (Lipinski definition) is 5. The highest BCUT2D eigenvalue weighted by Gasteiger charge is 2.30. The highest BCUT2D eigenvalue weighted by Crippen LogP contribution is 2.16. The van der Waals surface area contributed by atoms with Gasteiger partial charge >= 0.3 is 6.09 Å². The molecule has 10 heteroatoms. The molecular weight excluding hydrogens is 513 g/mol. The summed E-state index contributed by atoms with van der Waals surface area (Å²) in [5.74, 6) is 0.438. The highest BCUT2D eigenvalue weighted by molar-refractivity contribution is 14.0. The van der Waals surface area contributed by atoms with Crippen LogP contribution in [0.5, 0.6) is 0 Å². The number of alkyl carbamates (subject to hydrolysis) is 1. The Morgan fingerprint density at radius 2 is 1.65 bits per heavy atom.